The van der Waals surface area contributed by atoms with Crippen molar-refractivity contribution in [1.29, 1.82) is 0 Å². The maximum Gasteiger partial charge on any atom is 0.213 e. The Morgan fingerprint density at radius 3 is 2.86 bits per heavy atom. The van der Waals surface area contributed by atoms with Crippen LogP contribution in [0.4, 0.5) is 0 Å². The number of ether oxygens (including phenoxy) is 2. The van der Waals surface area contributed by atoms with Crippen molar-refractivity contribution >= 4 is 5.96 Å². The molecule has 6 nitrogen and oxygen atoms in total. The van der Waals surface area contributed by atoms with E-state index in [0.29, 0.717) is 25.0 Å². The molecule has 0 aliphatic rings. The van der Waals surface area contributed by atoms with Gasteiger partial charge in [0.15, 0.2) is 5.96 Å². The average Bonchev–Trinajstić information content (AvgIpc) is 2.51. The molecule has 0 fully saturated rings. The number of nitrogens with one attached hydrogen (secondary N) is 1. The van der Waals surface area contributed by atoms with Gasteiger partial charge in [-0.15, -0.1) is 0 Å². The van der Waals surface area contributed by atoms with Crippen LogP contribution in [0.3, 0.4) is 0 Å². The highest BCUT2D eigenvalue weighted by Crippen LogP contribution is 2.08. The Balaban J connectivity index is 2.27. The lowest BCUT2D eigenvalue weighted by Crippen LogP contribution is -2.32. The highest BCUT2D eigenvalue weighted by molar-refractivity contribution is 5.77. The van der Waals surface area contributed by atoms with Gasteiger partial charge in [0.2, 0.25) is 5.88 Å². The minimum absolute atomic E-state index is 0.442. The van der Waals surface area contributed by atoms with Crippen molar-refractivity contribution in [1.82, 2.24) is 10.3 Å². The Morgan fingerprint density at radius 2 is 2.19 bits per heavy atom. The smallest absolute Gasteiger partial charge is 0.213 e. The zero-order chi connectivity index (χ0) is 15.3. The second kappa shape index (κ2) is 10.9. The zero-order valence-corrected chi connectivity index (χ0v) is 13.0. The van der Waals surface area contributed by atoms with E-state index in [1.807, 2.05) is 19.1 Å². The van der Waals surface area contributed by atoms with Gasteiger partial charge in [-0.2, -0.15) is 0 Å². The first kappa shape index (κ1) is 17.2. The quantitative estimate of drug-likeness (QED) is 0.390. The molecule has 0 unspecified atom stereocenters. The van der Waals surface area contributed by atoms with Crippen LogP contribution in [0.1, 0.15) is 32.3 Å². The van der Waals surface area contributed by atoms with Gasteiger partial charge in [0.1, 0.15) is 0 Å². The highest BCUT2D eigenvalue weighted by Gasteiger charge is 1.97. The number of aromatic nitrogens is 1. The summed E-state index contributed by atoms with van der Waals surface area (Å²) in [5.41, 5.74) is 6.78. The summed E-state index contributed by atoms with van der Waals surface area (Å²) in [6, 6.07) is 3.80. The van der Waals surface area contributed by atoms with Gasteiger partial charge in [-0.25, -0.2) is 9.98 Å². The first-order valence-corrected chi connectivity index (χ1v) is 7.45. The number of rotatable bonds is 10. The Bertz CT molecular complexity index is 407. The second-order valence-corrected chi connectivity index (χ2v) is 4.53. The molecule has 0 bridgehead atoms. The zero-order valence-electron chi connectivity index (χ0n) is 13.0. The number of hydrogen-bond acceptors (Lipinski definition) is 4. The molecule has 1 aromatic heterocycles. The van der Waals surface area contributed by atoms with Crippen LogP contribution in [0.2, 0.25) is 0 Å². The molecule has 118 valence electrons. The molecule has 0 aromatic carbocycles. The van der Waals surface area contributed by atoms with E-state index in [9.17, 15) is 0 Å². The first-order valence-electron chi connectivity index (χ1n) is 7.45. The van der Waals surface area contributed by atoms with Crippen molar-refractivity contribution in [2.45, 2.75) is 33.2 Å². The minimum atomic E-state index is 0.442. The van der Waals surface area contributed by atoms with Crippen molar-refractivity contribution in [2.75, 3.05) is 26.4 Å². The van der Waals surface area contributed by atoms with Crippen molar-refractivity contribution < 1.29 is 9.47 Å². The summed E-state index contributed by atoms with van der Waals surface area (Å²) in [6.45, 7) is 7.48. The van der Waals surface area contributed by atoms with Gasteiger partial charge < -0.3 is 20.5 Å². The van der Waals surface area contributed by atoms with Crippen molar-refractivity contribution in [3.63, 3.8) is 0 Å². The highest BCUT2D eigenvalue weighted by atomic mass is 16.5. The van der Waals surface area contributed by atoms with Crippen molar-refractivity contribution in [3.8, 4) is 5.88 Å². The number of hydrogen-bond donors (Lipinski definition) is 2. The van der Waals surface area contributed by atoms with Crippen LogP contribution in [0, 0.1) is 0 Å². The SMILES string of the molecule is CCCOc1ccc(CN=C(N)NCCCOCC)cn1. The van der Waals surface area contributed by atoms with Crippen LogP contribution in [-0.4, -0.2) is 37.3 Å². The van der Waals surface area contributed by atoms with Crippen molar-refractivity contribution in [3.05, 3.63) is 23.9 Å². The maximum atomic E-state index is 5.78. The second-order valence-electron chi connectivity index (χ2n) is 4.53. The Morgan fingerprint density at radius 1 is 1.33 bits per heavy atom. The van der Waals surface area contributed by atoms with Gasteiger partial charge in [-0.1, -0.05) is 13.0 Å². The standard InChI is InChI=1S/C15H26N4O2/c1-3-9-21-14-7-6-13(11-18-14)12-19-15(16)17-8-5-10-20-4-2/h6-7,11H,3-5,8-10,12H2,1-2H3,(H3,16,17,19). The number of nitrogens with two attached hydrogens (primary N) is 1. The molecule has 0 atom stereocenters. The molecule has 0 amide bonds. The van der Waals surface area contributed by atoms with Crippen LogP contribution in [0.25, 0.3) is 0 Å². The average molecular weight is 294 g/mol. The molecule has 0 aliphatic carbocycles. The van der Waals surface area contributed by atoms with Crippen LogP contribution in [0.5, 0.6) is 5.88 Å². The monoisotopic (exact) mass is 294 g/mol. The summed E-state index contributed by atoms with van der Waals surface area (Å²) >= 11 is 0. The van der Waals surface area contributed by atoms with Gasteiger partial charge in [-0.05, 0) is 25.3 Å². The predicted octanol–water partition coefficient (Wildman–Crippen LogP) is 1.70. The first-order chi connectivity index (χ1) is 10.3. The molecule has 0 spiro atoms. The van der Waals surface area contributed by atoms with Gasteiger partial charge in [-0.3, -0.25) is 0 Å². The van der Waals surface area contributed by atoms with Gasteiger partial charge >= 0.3 is 0 Å². The van der Waals surface area contributed by atoms with Crippen LogP contribution in [-0.2, 0) is 11.3 Å². The third-order valence-corrected chi connectivity index (χ3v) is 2.66. The van der Waals surface area contributed by atoms with E-state index in [1.165, 1.54) is 0 Å². The largest absolute Gasteiger partial charge is 0.478 e. The normalized spacial score (nSPS) is 11.4. The molecule has 1 heterocycles. The topological polar surface area (TPSA) is 81.8 Å². The van der Waals surface area contributed by atoms with Crippen molar-refractivity contribution in [2.24, 2.45) is 10.7 Å². The van der Waals surface area contributed by atoms with E-state index in [0.717, 1.165) is 38.2 Å². The Hall–Kier alpha value is -1.82. The van der Waals surface area contributed by atoms with Crippen LogP contribution < -0.4 is 15.8 Å². The molecule has 3 N–H and O–H groups in total. The molecular weight excluding hydrogens is 268 g/mol. The van der Waals surface area contributed by atoms with Gasteiger partial charge in [0.05, 0.1) is 13.2 Å². The minimum Gasteiger partial charge on any atom is -0.478 e. The number of aliphatic imine (C=N–C) groups is 1. The van der Waals surface area contributed by atoms with E-state index in [-0.39, 0.29) is 0 Å². The fraction of sp³-hybridized carbons (Fsp3) is 0.600. The van der Waals surface area contributed by atoms with Crippen LogP contribution >= 0.6 is 0 Å². The molecule has 0 aliphatic heterocycles. The number of guanidine groups is 1. The fourth-order valence-electron chi connectivity index (χ4n) is 1.56. The molecular formula is C15H26N4O2. The van der Waals surface area contributed by atoms with Crippen LogP contribution in [0.15, 0.2) is 23.3 Å². The lowest BCUT2D eigenvalue weighted by atomic mass is 10.3. The molecule has 0 radical (unpaired) electrons. The molecule has 0 saturated carbocycles. The summed E-state index contributed by atoms with van der Waals surface area (Å²) in [5.74, 6) is 1.09. The predicted molar refractivity (Wildman–Crippen MR) is 84.5 cm³/mol. The lowest BCUT2D eigenvalue weighted by Gasteiger charge is -2.06. The number of nitrogens with zero attached hydrogens (tertiary/aromatic N) is 2. The van der Waals surface area contributed by atoms with Gasteiger partial charge in [0.25, 0.3) is 0 Å². The molecule has 21 heavy (non-hydrogen) atoms. The van der Waals surface area contributed by atoms with E-state index in [2.05, 4.69) is 22.2 Å². The Kier molecular flexibility index (Phi) is 8.95. The van der Waals surface area contributed by atoms with E-state index >= 15 is 0 Å². The summed E-state index contributed by atoms with van der Waals surface area (Å²) in [5, 5.41) is 3.05. The van der Waals surface area contributed by atoms with E-state index < -0.39 is 0 Å². The summed E-state index contributed by atoms with van der Waals surface area (Å²) < 4.78 is 10.7. The number of pyridine rings is 1. The molecule has 6 heteroatoms. The van der Waals surface area contributed by atoms with E-state index in [1.54, 1.807) is 6.20 Å². The maximum absolute atomic E-state index is 5.78. The van der Waals surface area contributed by atoms with E-state index in [4.69, 9.17) is 15.2 Å². The fourth-order valence-corrected chi connectivity index (χ4v) is 1.56. The van der Waals surface area contributed by atoms with Gasteiger partial charge in [0, 0.05) is 32.0 Å². The third-order valence-electron chi connectivity index (χ3n) is 2.66. The summed E-state index contributed by atoms with van der Waals surface area (Å²) in [7, 11) is 0. The molecule has 1 rings (SSSR count). The third kappa shape index (κ3) is 8.14. The molecule has 1 aromatic rings. The molecule has 0 saturated heterocycles. The summed E-state index contributed by atoms with van der Waals surface area (Å²) in [4.78, 5) is 8.49. The Labute approximate surface area is 126 Å². The summed E-state index contributed by atoms with van der Waals surface area (Å²) in [6.07, 6.45) is 3.64. The lowest BCUT2D eigenvalue weighted by molar-refractivity contribution is 0.145.